The van der Waals surface area contributed by atoms with Crippen LogP contribution in [0.15, 0.2) is 53.9 Å². The number of nitrogens with zero attached hydrogens (tertiary/aromatic N) is 3. The molecule has 0 aliphatic rings. The van der Waals surface area contributed by atoms with Crippen LogP contribution < -0.4 is 10.6 Å². The predicted molar refractivity (Wildman–Crippen MR) is 114 cm³/mol. The minimum absolute atomic E-state index is 0.166. The molecular formula is C19H16N6O2S2. The van der Waals surface area contributed by atoms with Gasteiger partial charge in [0.05, 0.1) is 10.2 Å². The van der Waals surface area contributed by atoms with Crippen molar-refractivity contribution in [3.8, 4) is 0 Å². The van der Waals surface area contributed by atoms with Crippen molar-refractivity contribution in [1.29, 1.82) is 0 Å². The molecule has 0 atom stereocenters. The fourth-order valence-corrected chi connectivity index (χ4v) is 4.26. The lowest BCUT2D eigenvalue weighted by atomic mass is 10.1. The van der Waals surface area contributed by atoms with Gasteiger partial charge in [-0.05, 0) is 35.9 Å². The average molecular weight is 425 g/mol. The molecule has 0 spiro atoms. The summed E-state index contributed by atoms with van der Waals surface area (Å²) in [6, 6.07) is 12.9. The highest BCUT2D eigenvalue weighted by Crippen LogP contribution is 2.28. The maximum absolute atomic E-state index is 12.5. The first kappa shape index (κ1) is 19.1. The van der Waals surface area contributed by atoms with Gasteiger partial charge >= 0.3 is 0 Å². The molecule has 10 heteroatoms. The molecule has 3 N–H and O–H groups in total. The van der Waals surface area contributed by atoms with Crippen LogP contribution in [-0.4, -0.2) is 32.0 Å². The van der Waals surface area contributed by atoms with Gasteiger partial charge in [0.15, 0.2) is 10.3 Å². The predicted octanol–water partition coefficient (Wildman–Crippen LogP) is 3.92. The van der Waals surface area contributed by atoms with Gasteiger partial charge in [-0.3, -0.25) is 14.7 Å². The number of carbonyl (C=O) groups is 2. The van der Waals surface area contributed by atoms with E-state index in [0.29, 0.717) is 16.4 Å². The van der Waals surface area contributed by atoms with Gasteiger partial charge in [0.25, 0.3) is 5.91 Å². The standard InChI is InChI=1S/C19H16N6O2S2/c1-11(26)22-19-24-15-7-6-14(8-16(15)29-19)23-17(27)13-4-2-12(3-5-13)9-28-18-20-10-21-25-18/h2-8,10H,9H2,1H3,(H,23,27)(H,20,21,25)(H,22,24,26). The Hall–Kier alpha value is -3.24. The van der Waals surface area contributed by atoms with Crippen LogP contribution in [0.3, 0.4) is 0 Å². The molecular weight excluding hydrogens is 408 g/mol. The number of thioether (sulfide) groups is 1. The van der Waals surface area contributed by atoms with E-state index in [4.69, 9.17) is 0 Å². The third-order valence-electron chi connectivity index (χ3n) is 3.91. The molecule has 4 aromatic rings. The van der Waals surface area contributed by atoms with Crippen LogP contribution in [0.4, 0.5) is 10.8 Å². The van der Waals surface area contributed by atoms with E-state index in [1.165, 1.54) is 24.6 Å². The molecule has 2 heterocycles. The number of carbonyl (C=O) groups excluding carboxylic acids is 2. The first-order valence-corrected chi connectivity index (χ1v) is 10.4. The van der Waals surface area contributed by atoms with Gasteiger partial charge in [0.2, 0.25) is 5.91 Å². The molecule has 0 saturated heterocycles. The summed E-state index contributed by atoms with van der Waals surface area (Å²) in [4.78, 5) is 32.1. The second-order valence-corrected chi connectivity index (χ2v) is 8.11. The molecule has 0 radical (unpaired) electrons. The van der Waals surface area contributed by atoms with Gasteiger partial charge in [-0.1, -0.05) is 35.2 Å². The third kappa shape index (κ3) is 4.79. The Morgan fingerprint density at radius 1 is 1.14 bits per heavy atom. The van der Waals surface area contributed by atoms with E-state index in [2.05, 4.69) is 30.8 Å². The van der Waals surface area contributed by atoms with E-state index in [0.717, 1.165) is 26.7 Å². The maximum atomic E-state index is 12.5. The van der Waals surface area contributed by atoms with Crippen LogP contribution in [-0.2, 0) is 10.5 Å². The first-order valence-electron chi connectivity index (χ1n) is 8.63. The molecule has 29 heavy (non-hydrogen) atoms. The number of rotatable bonds is 6. The number of fused-ring (bicyclic) bond motifs is 1. The second-order valence-electron chi connectivity index (χ2n) is 6.11. The van der Waals surface area contributed by atoms with Crippen molar-refractivity contribution in [1.82, 2.24) is 20.2 Å². The first-order chi connectivity index (χ1) is 14.1. The van der Waals surface area contributed by atoms with Gasteiger partial charge in [0.1, 0.15) is 6.33 Å². The van der Waals surface area contributed by atoms with Crippen molar-refractivity contribution in [2.45, 2.75) is 17.8 Å². The van der Waals surface area contributed by atoms with Crippen LogP contribution in [0.1, 0.15) is 22.8 Å². The molecule has 0 saturated carbocycles. The highest BCUT2D eigenvalue weighted by molar-refractivity contribution is 7.98. The quantitative estimate of drug-likeness (QED) is 0.405. The smallest absolute Gasteiger partial charge is 0.255 e. The molecule has 0 unspecified atom stereocenters. The van der Waals surface area contributed by atoms with Crippen molar-refractivity contribution in [2.75, 3.05) is 10.6 Å². The number of hydrogen-bond donors (Lipinski definition) is 3. The second kappa shape index (κ2) is 8.41. The topological polar surface area (TPSA) is 113 Å². The van der Waals surface area contributed by atoms with Crippen molar-refractivity contribution in [3.63, 3.8) is 0 Å². The molecule has 146 valence electrons. The zero-order chi connectivity index (χ0) is 20.2. The van der Waals surface area contributed by atoms with E-state index in [1.54, 1.807) is 30.0 Å². The minimum atomic E-state index is -0.189. The van der Waals surface area contributed by atoms with Crippen molar-refractivity contribution >= 4 is 55.9 Å². The third-order valence-corrected chi connectivity index (χ3v) is 5.80. The zero-order valence-corrected chi connectivity index (χ0v) is 16.9. The Balaban J connectivity index is 1.41. The molecule has 2 aromatic carbocycles. The molecule has 0 fully saturated rings. The molecule has 0 aliphatic carbocycles. The van der Waals surface area contributed by atoms with Gasteiger partial charge in [-0.2, -0.15) is 5.10 Å². The van der Waals surface area contributed by atoms with Crippen LogP contribution in [0.25, 0.3) is 10.2 Å². The van der Waals surface area contributed by atoms with E-state index >= 15 is 0 Å². The van der Waals surface area contributed by atoms with Crippen LogP contribution in [0.2, 0.25) is 0 Å². The number of aromatic nitrogens is 4. The Labute approximate surface area is 174 Å². The fraction of sp³-hybridized carbons (Fsp3) is 0.105. The Morgan fingerprint density at radius 2 is 1.97 bits per heavy atom. The lowest BCUT2D eigenvalue weighted by molar-refractivity contribution is -0.114. The Kier molecular flexibility index (Phi) is 5.54. The highest BCUT2D eigenvalue weighted by atomic mass is 32.2. The molecule has 4 rings (SSSR count). The monoisotopic (exact) mass is 424 g/mol. The van der Waals surface area contributed by atoms with Gasteiger partial charge in [0, 0.05) is 23.9 Å². The van der Waals surface area contributed by atoms with E-state index in [-0.39, 0.29) is 11.8 Å². The number of nitrogens with one attached hydrogen (secondary N) is 3. The lowest BCUT2D eigenvalue weighted by Crippen LogP contribution is -2.11. The normalized spacial score (nSPS) is 10.8. The number of H-pyrrole nitrogens is 1. The van der Waals surface area contributed by atoms with Crippen LogP contribution >= 0.6 is 23.1 Å². The molecule has 8 nitrogen and oxygen atoms in total. The average Bonchev–Trinajstić information content (AvgIpc) is 3.35. The van der Waals surface area contributed by atoms with E-state index in [1.807, 2.05) is 24.3 Å². The minimum Gasteiger partial charge on any atom is -0.322 e. The summed E-state index contributed by atoms with van der Waals surface area (Å²) in [6.07, 6.45) is 1.47. The summed E-state index contributed by atoms with van der Waals surface area (Å²) in [5.41, 5.74) is 3.09. The Morgan fingerprint density at radius 3 is 2.69 bits per heavy atom. The van der Waals surface area contributed by atoms with E-state index < -0.39 is 0 Å². The van der Waals surface area contributed by atoms with Crippen LogP contribution in [0, 0.1) is 0 Å². The summed E-state index contributed by atoms with van der Waals surface area (Å²) in [5.74, 6) is 0.376. The van der Waals surface area contributed by atoms with Crippen molar-refractivity contribution < 1.29 is 9.59 Å². The number of hydrogen-bond acceptors (Lipinski definition) is 7. The van der Waals surface area contributed by atoms with Gasteiger partial charge in [-0.15, -0.1) is 0 Å². The lowest BCUT2D eigenvalue weighted by Gasteiger charge is -2.06. The molecule has 2 aromatic heterocycles. The zero-order valence-electron chi connectivity index (χ0n) is 15.3. The summed E-state index contributed by atoms with van der Waals surface area (Å²) in [7, 11) is 0. The number of amides is 2. The molecule has 2 amide bonds. The Bertz CT molecular complexity index is 1160. The summed E-state index contributed by atoms with van der Waals surface area (Å²) < 4.78 is 0.881. The number of anilines is 2. The number of thiazole rings is 1. The van der Waals surface area contributed by atoms with Gasteiger partial charge < -0.3 is 10.6 Å². The summed E-state index contributed by atoms with van der Waals surface area (Å²) in [6.45, 7) is 1.44. The SMILES string of the molecule is CC(=O)Nc1nc2ccc(NC(=O)c3ccc(CSc4ncn[nH]4)cc3)cc2s1. The molecule has 0 aliphatic heterocycles. The van der Waals surface area contributed by atoms with Gasteiger partial charge in [-0.25, -0.2) is 9.97 Å². The summed E-state index contributed by atoms with van der Waals surface area (Å²) in [5, 5.41) is 13.5. The van der Waals surface area contributed by atoms with Crippen LogP contribution in [0.5, 0.6) is 0 Å². The maximum Gasteiger partial charge on any atom is 0.255 e. The molecule has 0 bridgehead atoms. The highest BCUT2D eigenvalue weighted by Gasteiger charge is 2.10. The van der Waals surface area contributed by atoms with E-state index in [9.17, 15) is 9.59 Å². The van der Waals surface area contributed by atoms with Crippen molar-refractivity contribution in [2.24, 2.45) is 0 Å². The number of benzene rings is 2. The fourth-order valence-electron chi connectivity index (χ4n) is 2.58. The number of aromatic amines is 1. The largest absolute Gasteiger partial charge is 0.322 e. The van der Waals surface area contributed by atoms with Crippen molar-refractivity contribution in [3.05, 3.63) is 59.9 Å². The summed E-state index contributed by atoms with van der Waals surface area (Å²) >= 11 is 2.90.